The minimum Gasteiger partial charge on any atom is -0.0628 e. The first kappa shape index (κ1) is 14.5. The second-order valence-electron chi connectivity index (χ2n) is 8.43. The zero-order chi connectivity index (χ0) is 15.1. The van der Waals surface area contributed by atoms with Gasteiger partial charge in [-0.2, -0.15) is 0 Å². The molecule has 0 amide bonds. The first-order valence-electron chi connectivity index (χ1n) is 9.49. The summed E-state index contributed by atoms with van der Waals surface area (Å²) in [5.41, 5.74) is 3.26. The van der Waals surface area contributed by atoms with Crippen LogP contribution in [0.25, 0.3) is 6.08 Å². The van der Waals surface area contributed by atoms with Crippen LogP contribution in [-0.4, -0.2) is 0 Å². The van der Waals surface area contributed by atoms with Crippen molar-refractivity contribution >= 4 is 6.08 Å². The molecule has 22 heavy (non-hydrogen) atoms. The van der Waals surface area contributed by atoms with Crippen LogP contribution in [0.5, 0.6) is 0 Å². The Morgan fingerprint density at radius 3 is 1.86 bits per heavy atom. The summed E-state index contributed by atoms with van der Waals surface area (Å²) < 4.78 is 0. The summed E-state index contributed by atoms with van der Waals surface area (Å²) in [7, 11) is 0. The van der Waals surface area contributed by atoms with Crippen molar-refractivity contribution in [3.05, 3.63) is 41.5 Å². The van der Waals surface area contributed by atoms with E-state index in [2.05, 4.69) is 50.3 Å². The van der Waals surface area contributed by atoms with Gasteiger partial charge in [0.25, 0.3) is 0 Å². The van der Waals surface area contributed by atoms with Gasteiger partial charge in [0.1, 0.15) is 0 Å². The van der Waals surface area contributed by atoms with Gasteiger partial charge in [-0.05, 0) is 66.8 Å². The molecular formula is C22H30. The Labute approximate surface area is 136 Å². The fourth-order valence-corrected chi connectivity index (χ4v) is 5.83. The van der Waals surface area contributed by atoms with E-state index in [1.807, 2.05) is 5.57 Å². The molecule has 1 aromatic rings. The van der Waals surface area contributed by atoms with Crippen LogP contribution < -0.4 is 0 Å². The standard InChI is InChI=1S/C22H30/c1-15-8-10-18-19-11-9-16(2)13-21(19)22(20(18)12-15)14-17-6-4-3-5-7-17/h3-7,14-16,18-21H,8-13H2,1-2H3. The highest BCUT2D eigenvalue weighted by Crippen LogP contribution is 2.58. The smallest absolute Gasteiger partial charge is 0.0163 e. The highest BCUT2D eigenvalue weighted by Gasteiger charge is 2.49. The average molecular weight is 294 g/mol. The summed E-state index contributed by atoms with van der Waals surface area (Å²) in [6, 6.07) is 11.1. The average Bonchev–Trinajstić information content (AvgIpc) is 2.81. The zero-order valence-corrected chi connectivity index (χ0v) is 14.2. The SMILES string of the molecule is CC1CCC2C(C1)C(=Cc1ccccc1)C1CC(C)CCC12. The van der Waals surface area contributed by atoms with Crippen LogP contribution in [0.15, 0.2) is 35.9 Å². The summed E-state index contributed by atoms with van der Waals surface area (Å²) >= 11 is 0. The van der Waals surface area contributed by atoms with Gasteiger partial charge >= 0.3 is 0 Å². The normalized spacial score (nSPS) is 40.9. The number of fused-ring (bicyclic) bond motifs is 3. The quantitative estimate of drug-likeness (QED) is 0.579. The fourth-order valence-electron chi connectivity index (χ4n) is 5.83. The topological polar surface area (TPSA) is 0 Å². The van der Waals surface area contributed by atoms with E-state index < -0.39 is 0 Å². The highest BCUT2D eigenvalue weighted by atomic mass is 14.5. The molecule has 0 nitrogen and oxygen atoms in total. The predicted octanol–water partition coefficient (Wildman–Crippen LogP) is 6.19. The molecule has 118 valence electrons. The van der Waals surface area contributed by atoms with Crippen LogP contribution in [0.2, 0.25) is 0 Å². The second kappa shape index (κ2) is 5.87. The Bertz CT molecular complexity index is 512. The predicted molar refractivity (Wildman–Crippen MR) is 94.4 cm³/mol. The summed E-state index contributed by atoms with van der Waals surface area (Å²) in [6.07, 6.45) is 11.4. The van der Waals surface area contributed by atoms with E-state index in [1.165, 1.54) is 44.1 Å². The number of rotatable bonds is 1. The molecule has 3 fully saturated rings. The van der Waals surface area contributed by atoms with Gasteiger partial charge in [0.2, 0.25) is 0 Å². The Kier molecular flexibility index (Phi) is 3.88. The van der Waals surface area contributed by atoms with Gasteiger partial charge in [-0.3, -0.25) is 0 Å². The Morgan fingerprint density at radius 2 is 1.32 bits per heavy atom. The molecular weight excluding hydrogens is 264 g/mol. The molecule has 0 bridgehead atoms. The largest absolute Gasteiger partial charge is 0.0628 e. The molecule has 0 aromatic heterocycles. The van der Waals surface area contributed by atoms with Crippen LogP contribution in [-0.2, 0) is 0 Å². The maximum absolute atomic E-state index is 2.58. The molecule has 6 unspecified atom stereocenters. The summed E-state index contributed by atoms with van der Waals surface area (Å²) in [6.45, 7) is 4.95. The van der Waals surface area contributed by atoms with E-state index in [0.717, 1.165) is 35.5 Å². The third kappa shape index (κ3) is 2.55. The third-order valence-electron chi connectivity index (χ3n) is 6.87. The number of allylic oxidation sites excluding steroid dienone is 1. The van der Waals surface area contributed by atoms with Crippen molar-refractivity contribution in [3.63, 3.8) is 0 Å². The Balaban J connectivity index is 1.71. The van der Waals surface area contributed by atoms with Gasteiger partial charge < -0.3 is 0 Å². The van der Waals surface area contributed by atoms with Crippen molar-refractivity contribution in [2.24, 2.45) is 35.5 Å². The number of benzene rings is 1. The van der Waals surface area contributed by atoms with E-state index in [1.54, 1.807) is 0 Å². The van der Waals surface area contributed by atoms with Gasteiger partial charge in [0.15, 0.2) is 0 Å². The van der Waals surface area contributed by atoms with E-state index >= 15 is 0 Å². The van der Waals surface area contributed by atoms with Crippen molar-refractivity contribution in [2.75, 3.05) is 0 Å². The molecule has 1 aromatic carbocycles. The summed E-state index contributed by atoms with van der Waals surface area (Å²) in [5, 5.41) is 0. The lowest BCUT2D eigenvalue weighted by Crippen LogP contribution is -2.26. The fraction of sp³-hybridized carbons (Fsp3) is 0.636. The lowest BCUT2D eigenvalue weighted by Gasteiger charge is -2.35. The van der Waals surface area contributed by atoms with Gasteiger partial charge in [0.05, 0.1) is 0 Å². The molecule has 0 spiro atoms. The first-order chi connectivity index (χ1) is 10.7. The first-order valence-corrected chi connectivity index (χ1v) is 9.49. The third-order valence-corrected chi connectivity index (χ3v) is 6.87. The molecule has 0 N–H and O–H groups in total. The molecule has 0 saturated heterocycles. The zero-order valence-electron chi connectivity index (χ0n) is 14.2. The lowest BCUT2D eigenvalue weighted by atomic mass is 9.70. The van der Waals surface area contributed by atoms with Crippen molar-refractivity contribution in [3.8, 4) is 0 Å². The van der Waals surface area contributed by atoms with Crippen molar-refractivity contribution in [2.45, 2.75) is 52.4 Å². The van der Waals surface area contributed by atoms with E-state index in [0.29, 0.717) is 0 Å². The molecule has 4 rings (SSSR count). The summed E-state index contributed by atoms with van der Waals surface area (Å²) in [4.78, 5) is 0. The van der Waals surface area contributed by atoms with Crippen LogP contribution in [0.1, 0.15) is 57.9 Å². The Morgan fingerprint density at radius 1 is 0.773 bits per heavy atom. The van der Waals surface area contributed by atoms with Gasteiger partial charge in [0, 0.05) is 0 Å². The molecule has 0 heterocycles. The Hall–Kier alpha value is -1.04. The monoisotopic (exact) mass is 294 g/mol. The summed E-state index contributed by atoms with van der Waals surface area (Å²) in [5.74, 6) is 5.65. The highest BCUT2D eigenvalue weighted by molar-refractivity contribution is 5.55. The molecule has 0 aliphatic heterocycles. The minimum absolute atomic E-state index is 0.893. The number of hydrogen-bond acceptors (Lipinski definition) is 0. The van der Waals surface area contributed by atoms with E-state index in [-0.39, 0.29) is 0 Å². The van der Waals surface area contributed by atoms with Crippen molar-refractivity contribution in [1.82, 2.24) is 0 Å². The number of hydrogen-bond donors (Lipinski definition) is 0. The maximum atomic E-state index is 2.58. The van der Waals surface area contributed by atoms with Gasteiger partial charge in [-0.1, -0.05) is 68.7 Å². The molecule has 0 heteroatoms. The van der Waals surface area contributed by atoms with Crippen LogP contribution in [0, 0.1) is 35.5 Å². The molecule has 3 saturated carbocycles. The second-order valence-corrected chi connectivity index (χ2v) is 8.43. The molecule has 3 aliphatic rings. The van der Waals surface area contributed by atoms with Crippen LogP contribution in [0.3, 0.4) is 0 Å². The van der Waals surface area contributed by atoms with Crippen LogP contribution in [0.4, 0.5) is 0 Å². The van der Waals surface area contributed by atoms with Crippen molar-refractivity contribution < 1.29 is 0 Å². The maximum Gasteiger partial charge on any atom is -0.0163 e. The van der Waals surface area contributed by atoms with Gasteiger partial charge in [-0.15, -0.1) is 0 Å². The van der Waals surface area contributed by atoms with Crippen molar-refractivity contribution in [1.29, 1.82) is 0 Å². The molecule has 0 radical (unpaired) electrons. The lowest BCUT2D eigenvalue weighted by molar-refractivity contribution is 0.144. The molecule has 3 aliphatic carbocycles. The van der Waals surface area contributed by atoms with E-state index in [9.17, 15) is 0 Å². The molecule has 6 atom stereocenters. The van der Waals surface area contributed by atoms with Gasteiger partial charge in [-0.25, -0.2) is 0 Å². The minimum atomic E-state index is 0.893. The van der Waals surface area contributed by atoms with Crippen LogP contribution >= 0.6 is 0 Å². The van der Waals surface area contributed by atoms with E-state index in [4.69, 9.17) is 0 Å².